The van der Waals surface area contributed by atoms with Crippen LogP contribution < -0.4 is 18.9 Å². The molecule has 47 heavy (non-hydrogen) atoms. The van der Waals surface area contributed by atoms with E-state index in [1.165, 1.54) is 64.8 Å². The Kier molecular flexibility index (Phi) is 16.5. The highest BCUT2D eigenvalue weighted by atomic mass is 32.2. The maximum Gasteiger partial charge on any atom is 0.422 e. The van der Waals surface area contributed by atoms with Gasteiger partial charge in [0.25, 0.3) is 5.79 Å². The van der Waals surface area contributed by atoms with E-state index in [1.54, 1.807) is 0 Å². The Hall–Kier alpha value is -3.28. The van der Waals surface area contributed by atoms with Crippen molar-refractivity contribution < 1.29 is 88.5 Å². The summed E-state index contributed by atoms with van der Waals surface area (Å²) >= 11 is 0. The van der Waals surface area contributed by atoms with Gasteiger partial charge in [-0.05, 0) is 55.4 Å². The molecule has 0 spiro atoms. The molecule has 276 valence electrons. The molecule has 0 saturated heterocycles. The van der Waals surface area contributed by atoms with Gasteiger partial charge in [-0.25, -0.2) is 35.9 Å². The van der Waals surface area contributed by atoms with Crippen molar-refractivity contribution in [3.8, 4) is 0 Å². The zero-order valence-corrected chi connectivity index (χ0v) is 29.3. The largest absolute Gasteiger partial charge is 0.446 e. The van der Waals surface area contributed by atoms with Crippen molar-refractivity contribution in [2.24, 2.45) is 0 Å². The minimum absolute atomic E-state index is 0.881. The van der Waals surface area contributed by atoms with Crippen molar-refractivity contribution in [3.63, 3.8) is 0 Å². The SMILES string of the molecule is CC(C)OC(=O)NS(=O)(=O)OCC(COS(=O)(=O)NC(=O)OC(C)C)(OS(=O)(=O)NC(=O)OC(C)C)OS(=O)(=O)NC(=O)OC(C)C. The summed E-state index contributed by atoms with van der Waals surface area (Å²) in [7, 11) is -22.4. The van der Waals surface area contributed by atoms with Gasteiger partial charge >= 0.3 is 65.6 Å². The minimum Gasteiger partial charge on any atom is -0.446 e. The molecule has 28 heteroatoms. The molecule has 0 rings (SSSR count). The summed E-state index contributed by atoms with van der Waals surface area (Å²) in [5.74, 6) is -3.92. The lowest BCUT2D eigenvalue weighted by Gasteiger charge is -2.30. The highest BCUT2D eigenvalue weighted by molar-refractivity contribution is 7.86. The van der Waals surface area contributed by atoms with Crippen LogP contribution in [0.4, 0.5) is 19.2 Å². The van der Waals surface area contributed by atoms with Crippen LogP contribution in [0.5, 0.6) is 0 Å². The van der Waals surface area contributed by atoms with Gasteiger partial charge in [0, 0.05) is 0 Å². The first kappa shape index (κ1) is 43.7. The number of hydrogen-bond donors (Lipinski definition) is 4. The van der Waals surface area contributed by atoms with Crippen LogP contribution in [-0.2, 0) is 76.9 Å². The number of amides is 4. The maximum absolute atomic E-state index is 12.7. The second-order valence-corrected chi connectivity index (χ2v) is 14.9. The van der Waals surface area contributed by atoms with E-state index in [2.05, 4.69) is 35.7 Å². The number of hydrogen-bond acceptors (Lipinski definition) is 20. The number of carbonyl (C=O) groups excluding carboxylic acids is 4. The van der Waals surface area contributed by atoms with E-state index in [-0.39, 0.29) is 0 Å². The van der Waals surface area contributed by atoms with E-state index in [0.29, 0.717) is 0 Å². The number of carbonyl (C=O) groups is 4. The fourth-order valence-corrected chi connectivity index (χ4v) is 5.33. The molecule has 0 saturated carbocycles. The van der Waals surface area contributed by atoms with E-state index in [1.807, 2.05) is 0 Å². The molecule has 0 aromatic heterocycles. The minimum atomic E-state index is -5.75. The third-order valence-corrected chi connectivity index (χ3v) is 7.16. The highest BCUT2D eigenvalue weighted by Crippen LogP contribution is 2.23. The van der Waals surface area contributed by atoms with Gasteiger partial charge in [0.05, 0.1) is 24.4 Å². The van der Waals surface area contributed by atoms with Gasteiger partial charge in [-0.15, -0.1) is 0 Å². The Balaban J connectivity index is 6.93. The summed E-state index contributed by atoms with van der Waals surface area (Å²) in [4.78, 5) is 47.4. The molecular weight excluding hydrogens is 732 g/mol. The third kappa shape index (κ3) is 20.5. The Bertz CT molecular complexity index is 1420. The number of ether oxygens (including phenoxy) is 4. The van der Waals surface area contributed by atoms with E-state index in [4.69, 9.17) is 0 Å². The molecule has 24 nitrogen and oxygen atoms in total. The van der Waals surface area contributed by atoms with Gasteiger partial charge in [-0.3, -0.25) is 0 Å². The zero-order valence-electron chi connectivity index (χ0n) is 26.0. The highest BCUT2D eigenvalue weighted by Gasteiger charge is 2.47. The summed E-state index contributed by atoms with van der Waals surface area (Å²) < 4.78 is 141. The lowest BCUT2D eigenvalue weighted by molar-refractivity contribution is -0.152. The molecule has 0 bridgehead atoms. The van der Waals surface area contributed by atoms with Crippen molar-refractivity contribution in [1.82, 2.24) is 18.9 Å². The molecule has 0 aliphatic heterocycles. The Labute approximate surface area is 271 Å². The number of rotatable bonds is 18. The fraction of sp³-hybridized carbons (Fsp3) is 0.789. The van der Waals surface area contributed by atoms with Gasteiger partial charge in [-0.2, -0.15) is 52.6 Å². The van der Waals surface area contributed by atoms with Crippen LogP contribution in [0.15, 0.2) is 0 Å². The summed E-state index contributed by atoms with van der Waals surface area (Å²) in [6.45, 7) is 6.20. The van der Waals surface area contributed by atoms with E-state index in [9.17, 15) is 52.8 Å². The van der Waals surface area contributed by atoms with Crippen LogP contribution >= 0.6 is 0 Å². The van der Waals surface area contributed by atoms with E-state index < -0.39 is 109 Å². The number of nitrogens with one attached hydrogen (secondary N) is 4. The first-order valence-corrected chi connectivity index (χ1v) is 18.3. The molecule has 0 fully saturated rings. The van der Waals surface area contributed by atoms with Crippen molar-refractivity contribution in [1.29, 1.82) is 0 Å². The predicted molar refractivity (Wildman–Crippen MR) is 151 cm³/mol. The summed E-state index contributed by atoms with van der Waals surface area (Å²) in [6.07, 6.45) is -10.5. The van der Waals surface area contributed by atoms with Crippen LogP contribution in [0.1, 0.15) is 55.4 Å². The van der Waals surface area contributed by atoms with E-state index >= 15 is 0 Å². The first-order valence-electron chi connectivity index (χ1n) is 12.7. The summed E-state index contributed by atoms with van der Waals surface area (Å²) in [5.41, 5.74) is 0. The Morgan fingerprint density at radius 2 is 0.660 bits per heavy atom. The molecular formula is C19H36N4O20S4. The molecule has 0 aromatic carbocycles. The zero-order chi connectivity index (χ0) is 37.0. The van der Waals surface area contributed by atoms with Crippen LogP contribution in [-0.4, -0.2) is 101 Å². The van der Waals surface area contributed by atoms with E-state index in [0.717, 1.165) is 9.44 Å². The van der Waals surface area contributed by atoms with Crippen molar-refractivity contribution in [2.75, 3.05) is 13.2 Å². The molecule has 0 atom stereocenters. The average molecular weight is 769 g/mol. The van der Waals surface area contributed by atoms with Gasteiger partial charge < -0.3 is 18.9 Å². The summed E-state index contributed by atoms with van der Waals surface area (Å²) in [6, 6.07) is 0. The lowest BCUT2D eigenvalue weighted by Crippen LogP contribution is -2.54. The van der Waals surface area contributed by atoms with Crippen molar-refractivity contribution in [3.05, 3.63) is 0 Å². The maximum atomic E-state index is 12.7. The second kappa shape index (κ2) is 17.8. The smallest absolute Gasteiger partial charge is 0.422 e. The standard InChI is InChI=1S/C19H36N4O20S4/c1-11(2)38-15(24)20-44(28,29)36-9-19(42-46(32,33)22-17(26)40-13(5)6,43-47(34,35)23-18(27)41-14(7)8)10-37-45(30,31)21-16(25)39-12(3)4/h11-14H,9-10H2,1-8H3,(H,20,24)(H,21,25)(H,22,26)(H,23,27). The Morgan fingerprint density at radius 1 is 0.447 bits per heavy atom. The molecule has 0 heterocycles. The molecule has 4 amide bonds. The van der Waals surface area contributed by atoms with Gasteiger partial charge in [0.15, 0.2) is 0 Å². The monoisotopic (exact) mass is 768 g/mol. The van der Waals surface area contributed by atoms with Gasteiger partial charge in [0.1, 0.15) is 13.2 Å². The molecule has 0 aliphatic rings. The quantitative estimate of drug-likeness (QED) is 0.0986. The molecule has 0 aromatic rings. The van der Waals surface area contributed by atoms with Crippen LogP contribution in [0.25, 0.3) is 0 Å². The van der Waals surface area contributed by atoms with Crippen molar-refractivity contribution >= 4 is 65.6 Å². The Morgan fingerprint density at radius 3 is 0.872 bits per heavy atom. The topological polar surface area (TPSA) is 327 Å². The van der Waals surface area contributed by atoms with Crippen LogP contribution in [0.3, 0.4) is 0 Å². The van der Waals surface area contributed by atoms with Crippen LogP contribution in [0.2, 0.25) is 0 Å². The average Bonchev–Trinajstić information content (AvgIpc) is 2.77. The normalized spacial score (nSPS) is 12.9. The van der Waals surface area contributed by atoms with Gasteiger partial charge in [0.2, 0.25) is 0 Å². The predicted octanol–water partition coefficient (Wildman–Crippen LogP) is -0.733. The molecule has 0 unspecified atom stereocenters. The third-order valence-electron chi connectivity index (χ3n) is 3.60. The second-order valence-electron chi connectivity index (χ2n) is 9.64. The summed E-state index contributed by atoms with van der Waals surface area (Å²) in [5, 5.41) is 0. The van der Waals surface area contributed by atoms with Gasteiger partial charge in [-0.1, -0.05) is 0 Å². The molecule has 0 aliphatic carbocycles. The molecule has 0 radical (unpaired) electrons. The fourth-order valence-electron chi connectivity index (χ4n) is 2.35. The van der Waals surface area contributed by atoms with Crippen LogP contribution in [0, 0.1) is 0 Å². The van der Waals surface area contributed by atoms with Crippen molar-refractivity contribution in [2.45, 2.75) is 85.6 Å². The molecule has 4 N–H and O–H groups in total. The lowest BCUT2D eigenvalue weighted by atomic mass is 10.3. The first-order chi connectivity index (χ1) is 21.1.